The SMILES string of the molecule is CC(C)C[C@H](NC(=O)CC(NC(=O)c1cccnc1)c1ccccc1F)B1O[C@@H]2C[C@@H]3C[C@@H](C3(C)C)[C@]2(C)O1. The molecule has 1 saturated heterocycles. The first-order chi connectivity index (χ1) is 18.5. The Kier molecular flexibility index (Phi) is 7.59. The first-order valence-electron chi connectivity index (χ1n) is 14.1. The van der Waals surface area contributed by atoms with E-state index in [2.05, 4.69) is 50.2 Å². The zero-order valence-corrected chi connectivity index (χ0v) is 23.4. The van der Waals surface area contributed by atoms with E-state index in [1.807, 2.05) is 0 Å². The van der Waals surface area contributed by atoms with Crippen molar-refractivity contribution in [1.82, 2.24) is 15.6 Å². The quantitative estimate of drug-likeness (QED) is 0.447. The lowest BCUT2D eigenvalue weighted by atomic mass is 9.43. The summed E-state index contributed by atoms with van der Waals surface area (Å²) in [6, 6.07) is 8.60. The van der Waals surface area contributed by atoms with Crippen molar-refractivity contribution in [2.75, 3.05) is 0 Å². The van der Waals surface area contributed by atoms with E-state index in [0.29, 0.717) is 23.8 Å². The summed E-state index contributed by atoms with van der Waals surface area (Å²) in [6.45, 7) is 11.0. The van der Waals surface area contributed by atoms with Gasteiger partial charge in [0.15, 0.2) is 0 Å². The summed E-state index contributed by atoms with van der Waals surface area (Å²) in [6.07, 6.45) is 5.67. The standard InChI is InChI=1S/C30H39BFN3O4/c1-18(2)13-26(31-38-25-15-20-14-24(29(20,3)4)30(25,5)39-31)35-27(36)16-23(21-10-6-7-11-22(21)32)34-28(37)19-9-8-12-33-17-19/h6-12,17-18,20,23-26H,13-16H2,1-5H3,(H,34,37)(H,35,36)/t20-,23?,24-,25+,26-,30-/m0/s1. The van der Waals surface area contributed by atoms with Crippen LogP contribution in [0.25, 0.3) is 0 Å². The average molecular weight is 535 g/mol. The molecule has 2 aromatic rings. The Bertz CT molecular complexity index is 1210. The van der Waals surface area contributed by atoms with E-state index in [0.717, 1.165) is 12.8 Å². The molecule has 1 aromatic carbocycles. The first-order valence-corrected chi connectivity index (χ1v) is 14.1. The minimum Gasteiger partial charge on any atom is -0.404 e. The van der Waals surface area contributed by atoms with Gasteiger partial charge < -0.3 is 19.9 Å². The third kappa shape index (κ3) is 5.35. The summed E-state index contributed by atoms with van der Waals surface area (Å²) in [5, 5.41) is 5.95. The van der Waals surface area contributed by atoms with E-state index >= 15 is 0 Å². The van der Waals surface area contributed by atoms with Crippen molar-refractivity contribution in [3.05, 3.63) is 65.7 Å². The normalized spacial score (nSPS) is 28.3. The van der Waals surface area contributed by atoms with Crippen LogP contribution in [0.3, 0.4) is 0 Å². The van der Waals surface area contributed by atoms with Crippen molar-refractivity contribution < 1.29 is 23.3 Å². The lowest BCUT2D eigenvalue weighted by Gasteiger charge is -2.64. The summed E-state index contributed by atoms with van der Waals surface area (Å²) in [7, 11) is -0.557. The van der Waals surface area contributed by atoms with Crippen molar-refractivity contribution in [3.8, 4) is 0 Å². The van der Waals surface area contributed by atoms with Crippen molar-refractivity contribution >= 4 is 18.9 Å². The molecule has 39 heavy (non-hydrogen) atoms. The third-order valence-corrected chi connectivity index (χ3v) is 9.27. The van der Waals surface area contributed by atoms with Gasteiger partial charge in [0.2, 0.25) is 5.91 Å². The summed E-state index contributed by atoms with van der Waals surface area (Å²) in [5.41, 5.74) is 0.428. The Hall–Kier alpha value is -2.78. The molecule has 208 valence electrons. The molecule has 3 saturated carbocycles. The van der Waals surface area contributed by atoms with Crippen LogP contribution < -0.4 is 10.6 Å². The maximum absolute atomic E-state index is 14.8. The van der Waals surface area contributed by atoms with Crippen LogP contribution >= 0.6 is 0 Å². The number of carbonyl (C=O) groups is 2. The van der Waals surface area contributed by atoms with Crippen molar-refractivity contribution in [1.29, 1.82) is 0 Å². The minimum atomic E-state index is -0.864. The molecule has 2 heterocycles. The van der Waals surface area contributed by atoms with Crippen LogP contribution in [-0.4, -0.2) is 41.6 Å². The Labute approximate surface area is 230 Å². The van der Waals surface area contributed by atoms with Gasteiger partial charge in [0.1, 0.15) is 5.82 Å². The molecule has 7 nitrogen and oxygen atoms in total. The molecule has 1 aliphatic heterocycles. The van der Waals surface area contributed by atoms with Crippen molar-refractivity contribution in [2.45, 2.75) is 84.0 Å². The molecule has 1 unspecified atom stereocenters. The summed E-state index contributed by atoms with van der Waals surface area (Å²) in [5.74, 6) is -0.248. The number of amides is 2. The number of carbonyl (C=O) groups excluding carboxylic acids is 2. The van der Waals surface area contributed by atoms with Gasteiger partial charge in [-0.1, -0.05) is 45.9 Å². The predicted octanol–water partition coefficient (Wildman–Crippen LogP) is 4.88. The van der Waals surface area contributed by atoms with Gasteiger partial charge in [-0.15, -0.1) is 0 Å². The molecular weight excluding hydrogens is 496 g/mol. The van der Waals surface area contributed by atoms with Gasteiger partial charge in [-0.25, -0.2) is 4.39 Å². The molecule has 9 heteroatoms. The fraction of sp³-hybridized carbons (Fsp3) is 0.567. The highest BCUT2D eigenvalue weighted by Gasteiger charge is 2.68. The highest BCUT2D eigenvalue weighted by atomic mass is 19.1. The Morgan fingerprint density at radius 1 is 1.13 bits per heavy atom. The second kappa shape index (κ2) is 10.7. The number of rotatable bonds is 9. The smallest absolute Gasteiger partial charge is 0.404 e. The Morgan fingerprint density at radius 2 is 1.90 bits per heavy atom. The van der Waals surface area contributed by atoms with Gasteiger partial charge in [0.05, 0.1) is 35.7 Å². The van der Waals surface area contributed by atoms with Gasteiger partial charge in [0, 0.05) is 18.0 Å². The molecular formula is C30H39BFN3O4. The topological polar surface area (TPSA) is 89.6 Å². The molecule has 2 bridgehead atoms. The van der Waals surface area contributed by atoms with Crippen LogP contribution in [0.5, 0.6) is 0 Å². The van der Waals surface area contributed by atoms with E-state index in [4.69, 9.17) is 9.31 Å². The summed E-state index contributed by atoms with van der Waals surface area (Å²) in [4.78, 5) is 30.4. The molecule has 4 fully saturated rings. The van der Waals surface area contributed by atoms with Crippen LogP contribution in [0.1, 0.15) is 82.3 Å². The molecule has 2 amide bonds. The Balaban J connectivity index is 1.32. The molecule has 4 aliphatic rings. The fourth-order valence-corrected chi connectivity index (χ4v) is 7.00. The van der Waals surface area contributed by atoms with E-state index in [9.17, 15) is 14.0 Å². The average Bonchev–Trinajstić information content (AvgIpc) is 3.25. The van der Waals surface area contributed by atoms with Crippen LogP contribution in [0.2, 0.25) is 0 Å². The van der Waals surface area contributed by atoms with Crippen LogP contribution in [0.4, 0.5) is 4.39 Å². The second-order valence-corrected chi connectivity index (χ2v) is 12.6. The van der Waals surface area contributed by atoms with Gasteiger partial charge in [-0.2, -0.15) is 0 Å². The molecule has 1 aromatic heterocycles. The number of nitrogens with zero attached hydrogens (tertiary/aromatic N) is 1. The van der Waals surface area contributed by atoms with Crippen LogP contribution in [0.15, 0.2) is 48.8 Å². The lowest BCUT2D eigenvalue weighted by Crippen LogP contribution is -2.65. The van der Waals surface area contributed by atoms with E-state index in [1.165, 1.54) is 12.3 Å². The van der Waals surface area contributed by atoms with E-state index < -0.39 is 24.9 Å². The monoisotopic (exact) mass is 535 g/mol. The summed E-state index contributed by atoms with van der Waals surface area (Å²) < 4.78 is 27.9. The summed E-state index contributed by atoms with van der Waals surface area (Å²) >= 11 is 0. The Morgan fingerprint density at radius 3 is 2.56 bits per heavy atom. The predicted molar refractivity (Wildman–Crippen MR) is 147 cm³/mol. The van der Waals surface area contributed by atoms with Gasteiger partial charge in [-0.05, 0) is 67.6 Å². The minimum absolute atomic E-state index is 0.00997. The number of aromatic nitrogens is 1. The van der Waals surface area contributed by atoms with Crippen molar-refractivity contribution in [3.63, 3.8) is 0 Å². The first kappa shape index (κ1) is 27.8. The largest absolute Gasteiger partial charge is 0.481 e. The highest BCUT2D eigenvalue weighted by Crippen LogP contribution is 2.65. The molecule has 6 rings (SSSR count). The van der Waals surface area contributed by atoms with E-state index in [-0.39, 0.29) is 46.9 Å². The fourth-order valence-electron chi connectivity index (χ4n) is 7.00. The zero-order valence-electron chi connectivity index (χ0n) is 23.4. The number of nitrogens with one attached hydrogen (secondary N) is 2. The second-order valence-electron chi connectivity index (χ2n) is 12.6. The van der Waals surface area contributed by atoms with Crippen LogP contribution in [0, 0.1) is 29.0 Å². The molecule has 0 spiro atoms. The maximum atomic E-state index is 14.8. The molecule has 2 N–H and O–H groups in total. The lowest BCUT2D eigenvalue weighted by molar-refractivity contribution is -0.199. The number of hydrogen-bond acceptors (Lipinski definition) is 5. The number of halogens is 1. The van der Waals surface area contributed by atoms with Gasteiger partial charge in [-0.3, -0.25) is 14.6 Å². The zero-order chi connectivity index (χ0) is 27.9. The van der Waals surface area contributed by atoms with E-state index in [1.54, 1.807) is 36.5 Å². The highest BCUT2D eigenvalue weighted by molar-refractivity contribution is 6.47. The molecule has 6 atom stereocenters. The molecule has 3 aliphatic carbocycles. The van der Waals surface area contributed by atoms with Gasteiger partial charge in [0.25, 0.3) is 5.91 Å². The number of pyridine rings is 1. The molecule has 0 radical (unpaired) electrons. The number of hydrogen-bond donors (Lipinski definition) is 2. The third-order valence-electron chi connectivity index (χ3n) is 9.27. The maximum Gasteiger partial charge on any atom is 0.481 e. The van der Waals surface area contributed by atoms with Crippen molar-refractivity contribution in [2.24, 2.45) is 23.2 Å². The number of benzene rings is 1. The van der Waals surface area contributed by atoms with Gasteiger partial charge >= 0.3 is 7.12 Å². The van der Waals surface area contributed by atoms with Crippen LogP contribution in [-0.2, 0) is 14.1 Å².